The van der Waals surface area contributed by atoms with Crippen LogP contribution in [0, 0.1) is 27.7 Å². The molecule has 0 saturated carbocycles. The zero-order valence-electron chi connectivity index (χ0n) is 16.1. The molecule has 0 saturated heterocycles. The Balaban J connectivity index is 2.50. The monoisotopic (exact) mass is 343 g/mol. The van der Waals surface area contributed by atoms with E-state index in [1.54, 1.807) is 0 Å². The third-order valence-electron chi connectivity index (χ3n) is 4.32. The molecule has 2 aromatic carbocycles. The zero-order chi connectivity index (χ0) is 18.2. The van der Waals surface area contributed by atoms with Gasteiger partial charge in [-0.2, -0.15) is 0 Å². The lowest BCUT2D eigenvalue weighted by molar-refractivity contribution is 0.598. The van der Waals surface area contributed by atoms with Crippen molar-refractivity contribution in [2.24, 2.45) is 0 Å². The van der Waals surface area contributed by atoms with E-state index in [2.05, 4.69) is 61.8 Å². The summed E-state index contributed by atoms with van der Waals surface area (Å²) in [4.78, 5) is 4.23. The molecule has 0 heterocycles. The summed E-state index contributed by atoms with van der Waals surface area (Å²) < 4.78 is 13.1. The molecule has 2 aromatic rings. The van der Waals surface area contributed by atoms with Gasteiger partial charge in [-0.1, -0.05) is 4.57 Å². The normalized spacial score (nSPS) is 10.7. The van der Waals surface area contributed by atoms with E-state index >= 15 is 0 Å². The summed E-state index contributed by atoms with van der Waals surface area (Å²) in [5, 5.41) is 1.81. The molecule has 0 aliphatic heterocycles. The molecule has 0 aromatic heterocycles. The van der Waals surface area contributed by atoms with Gasteiger partial charge in [0.1, 0.15) is 0 Å². The molecule has 4 heteroatoms. The predicted octanol–water partition coefficient (Wildman–Crippen LogP) is 3.83. The van der Waals surface area contributed by atoms with Gasteiger partial charge in [0.05, 0.1) is 0 Å². The molecule has 24 heavy (non-hydrogen) atoms. The molecule has 0 amide bonds. The van der Waals surface area contributed by atoms with Gasteiger partial charge in [-0.3, -0.25) is 0 Å². The molecular weight excluding hydrogens is 315 g/mol. The van der Waals surface area contributed by atoms with Crippen molar-refractivity contribution in [1.82, 2.24) is 0 Å². The third kappa shape index (κ3) is 3.47. The second-order valence-corrected chi connectivity index (χ2v) is 8.56. The van der Waals surface area contributed by atoms with Crippen LogP contribution in [0.15, 0.2) is 24.3 Å². The fraction of sp³-hybridized carbons (Fsp3) is 0.400. The van der Waals surface area contributed by atoms with Crippen LogP contribution >= 0.6 is 7.80 Å². The Kier molecular flexibility index (Phi) is 5.35. The van der Waals surface area contributed by atoms with Gasteiger partial charge in [0.25, 0.3) is 0 Å². The number of aryl methyl sites for hydroxylation is 4. The minimum atomic E-state index is -1.59. The predicted molar refractivity (Wildman–Crippen MR) is 107 cm³/mol. The molecule has 0 spiro atoms. The molecule has 2 rings (SSSR count). The van der Waals surface area contributed by atoms with Crippen molar-refractivity contribution in [3.8, 4) is 0 Å². The summed E-state index contributed by atoms with van der Waals surface area (Å²) in [5.41, 5.74) is 7.07. The van der Waals surface area contributed by atoms with E-state index in [0.29, 0.717) is 0 Å². The maximum Gasteiger partial charge on any atom is 0.415 e. The van der Waals surface area contributed by atoms with E-state index in [1.165, 1.54) is 11.4 Å². The van der Waals surface area contributed by atoms with Crippen LogP contribution in [-0.4, -0.2) is 28.2 Å². The summed E-state index contributed by atoms with van der Waals surface area (Å²) in [6.45, 7) is 8.34. The molecule has 3 nitrogen and oxygen atoms in total. The van der Waals surface area contributed by atoms with Crippen molar-refractivity contribution in [3.05, 3.63) is 46.5 Å². The first-order valence-electron chi connectivity index (χ1n) is 8.18. The van der Waals surface area contributed by atoms with Crippen LogP contribution in [0.1, 0.15) is 22.3 Å². The van der Waals surface area contributed by atoms with Crippen molar-refractivity contribution in [1.29, 1.82) is 0 Å². The Morgan fingerprint density at radius 1 is 0.625 bits per heavy atom. The quantitative estimate of drug-likeness (QED) is 0.788. The molecule has 0 fully saturated rings. The van der Waals surface area contributed by atoms with Gasteiger partial charge in [0.15, 0.2) is 10.6 Å². The lowest BCUT2D eigenvalue weighted by Gasteiger charge is -2.19. The standard InChI is InChI=1S/C20H28N2OP/c1-13-9-17(10-14(2)19(13)21(5)6)24(23)18-11-15(3)20(22(7)8)16(4)12-18/h9-12H,1-8H3/q+1. The van der Waals surface area contributed by atoms with Gasteiger partial charge >= 0.3 is 7.80 Å². The van der Waals surface area contributed by atoms with E-state index in [9.17, 15) is 4.57 Å². The van der Waals surface area contributed by atoms with Gasteiger partial charge in [-0.25, -0.2) is 0 Å². The Morgan fingerprint density at radius 2 is 0.875 bits per heavy atom. The molecule has 128 valence electrons. The van der Waals surface area contributed by atoms with E-state index in [0.717, 1.165) is 32.9 Å². The number of nitrogens with zero attached hydrogens (tertiary/aromatic N) is 2. The molecule has 0 unspecified atom stereocenters. The second-order valence-electron chi connectivity index (χ2n) is 6.94. The van der Waals surface area contributed by atoms with E-state index < -0.39 is 7.80 Å². The topological polar surface area (TPSA) is 23.6 Å². The van der Waals surface area contributed by atoms with Crippen LogP contribution in [-0.2, 0) is 4.57 Å². The minimum absolute atomic E-state index is 0.905. The summed E-state index contributed by atoms with van der Waals surface area (Å²) in [5.74, 6) is 0. The molecule has 0 aliphatic carbocycles. The first-order valence-corrected chi connectivity index (χ1v) is 9.43. The van der Waals surface area contributed by atoms with Gasteiger partial charge in [0.2, 0.25) is 0 Å². The van der Waals surface area contributed by atoms with Gasteiger partial charge in [-0.15, -0.1) is 0 Å². The van der Waals surface area contributed by atoms with Crippen molar-refractivity contribution >= 4 is 29.8 Å². The van der Waals surface area contributed by atoms with Gasteiger partial charge in [0, 0.05) is 39.6 Å². The Bertz CT molecular complexity index is 683. The van der Waals surface area contributed by atoms with E-state index in [4.69, 9.17) is 0 Å². The van der Waals surface area contributed by atoms with E-state index in [1.807, 2.05) is 28.2 Å². The average molecular weight is 343 g/mol. The minimum Gasteiger partial charge on any atom is -0.377 e. The van der Waals surface area contributed by atoms with Crippen LogP contribution < -0.4 is 20.4 Å². The van der Waals surface area contributed by atoms with E-state index in [-0.39, 0.29) is 0 Å². The van der Waals surface area contributed by atoms with Crippen LogP contribution in [0.3, 0.4) is 0 Å². The highest BCUT2D eigenvalue weighted by molar-refractivity contribution is 7.61. The van der Waals surface area contributed by atoms with Crippen LogP contribution in [0.4, 0.5) is 11.4 Å². The number of benzene rings is 2. The van der Waals surface area contributed by atoms with Crippen molar-refractivity contribution in [2.45, 2.75) is 27.7 Å². The smallest absolute Gasteiger partial charge is 0.377 e. The second kappa shape index (κ2) is 6.94. The number of anilines is 2. The maximum atomic E-state index is 13.1. The largest absolute Gasteiger partial charge is 0.415 e. The summed E-state index contributed by atoms with van der Waals surface area (Å²) in [7, 11) is 6.59. The highest BCUT2D eigenvalue weighted by Gasteiger charge is 2.27. The number of hydrogen-bond donors (Lipinski definition) is 0. The fourth-order valence-electron chi connectivity index (χ4n) is 3.66. The molecular formula is C20H28N2OP+. The van der Waals surface area contributed by atoms with Gasteiger partial charge < -0.3 is 9.80 Å². The van der Waals surface area contributed by atoms with Crippen molar-refractivity contribution < 1.29 is 4.57 Å². The molecule has 0 aliphatic rings. The third-order valence-corrected chi connectivity index (χ3v) is 5.77. The number of hydrogen-bond acceptors (Lipinski definition) is 3. The zero-order valence-corrected chi connectivity index (χ0v) is 17.0. The van der Waals surface area contributed by atoms with Crippen LogP contribution in [0.2, 0.25) is 0 Å². The lowest BCUT2D eigenvalue weighted by atomic mass is 10.1. The Labute approximate surface area is 147 Å². The highest BCUT2D eigenvalue weighted by Crippen LogP contribution is 2.30. The molecule has 0 radical (unpaired) electrons. The van der Waals surface area contributed by atoms with Crippen LogP contribution in [0.25, 0.3) is 0 Å². The number of rotatable bonds is 4. The lowest BCUT2D eigenvalue weighted by Crippen LogP contribution is -2.17. The first kappa shape index (κ1) is 18.5. The summed E-state index contributed by atoms with van der Waals surface area (Å²) in [6.07, 6.45) is 0. The molecule has 0 N–H and O–H groups in total. The molecule has 0 atom stereocenters. The molecule has 0 bridgehead atoms. The maximum absolute atomic E-state index is 13.1. The van der Waals surface area contributed by atoms with Crippen molar-refractivity contribution in [3.63, 3.8) is 0 Å². The SMILES string of the molecule is Cc1cc([P+](=O)c2cc(C)c(N(C)C)c(C)c2)cc(C)c1N(C)C. The van der Waals surface area contributed by atoms with Crippen LogP contribution in [0.5, 0.6) is 0 Å². The summed E-state index contributed by atoms with van der Waals surface area (Å²) >= 11 is 0. The first-order chi connectivity index (χ1) is 11.1. The fourth-order valence-corrected chi connectivity index (χ4v) is 5.20. The van der Waals surface area contributed by atoms with Gasteiger partial charge in [-0.05, 0) is 74.2 Å². The Hall–Kier alpha value is -1.86. The average Bonchev–Trinajstić information content (AvgIpc) is 2.43. The highest BCUT2D eigenvalue weighted by atomic mass is 31.1. The summed E-state index contributed by atoms with van der Waals surface area (Å²) in [6, 6.07) is 8.24. The Morgan fingerprint density at radius 3 is 1.08 bits per heavy atom. The van der Waals surface area contributed by atoms with Crippen molar-refractivity contribution in [2.75, 3.05) is 38.0 Å².